The molecular weight excluding hydrogens is 340 g/mol. The molecule has 4 nitrogen and oxygen atoms in total. The number of ether oxygens (including phenoxy) is 1. The van der Waals surface area contributed by atoms with E-state index in [4.69, 9.17) is 4.74 Å². The van der Waals surface area contributed by atoms with Crippen molar-refractivity contribution in [3.05, 3.63) is 72.3 Å². The normalized spacial score (nSPS) is 11.0. The number of phenols is 2. The van der Waals surface area contributed by atoms with Gasteiger partial charge < -0.3 is 14.9 Å². The van der Waals surface area contributed by atoms with E-state index < -0.39 is 5.97 Å². The van der Waals surface area contributed by atoms with Gasteiger partial charge in [0, 0.05) is 11.1 Å². The first-order valence-electron chi connectivity index (χ1n) is 8.74. The van der Waals surface area contributed by atoms with Crippen LogP contribution in [0.2, 0.25) is 0 Å². The SMILES string of the molecule is CCOC(=O)c1cc2ccccc2c(-c2c(O)ccc3ccccc23)c1O. The molecule has 134 valence electrons. The molecule has 0 saturated heterocycles. The third-order valence-corrected chi connectivity index (χ3v) is 4.67. The first-order valence-corrected chi connectivity index (χ1v) is 8.74. The Balaban J connectivity index is 2.15. The van der Waals surface area contributed by atoms with Crippen LogP contribution >= 0.6 is 0 Å². The molecule has 4 rings (SSSR count). The van der Waals surface area contributed by atoms with Gasteiger partial charge in [-0.25, -0.2) is 4.79 Å². The van der Waals surface area contributed by atoms with Crippen LogP contribution in [-0.2, 0) is 4.74 Å². The Morgan fingerprint density at radius 3 is 2.19 bits per heavy atom. The van der Waals surface area contributed by atoms with Gasteiger partial charge in [-0.3, -0.25) is 0 Å². The van der Waals surface area contributed by atoms with Crippen molar-refractivity contribution in [2.24, 2.45) is 0 Å². The van der Waals surface area contributed by atoms with E-state index in [1.54, 1.807) is 19.1 Å². The molecule has 0 aromatic heterocycles. The van der Waals surface area contributed by atoms with Crippen molar-refractivity contribution in [3.63, 3.8) is 0 Å². The number of hydrogen-bond donors (Lipinski definition) is 2. The molecule has 0 spiro atoms. The minimum Gasteiger partial charge on any atom is -0.507 e. The zero-order valence-electron chi connectivity index (χ0n) is 14.8. The van der Waals surface area contributed by atoms with E-state index in [1.165, 1.54) is 0 Å². The Bertz CT molecular complexity index is 1180. The smallest absolute Gasteiger partial charge is 0.341 e. The molecule has 4 aromatic rings. The van der Waals surface area contributed by atoms with Gasteiger partial charge >= 0.3 is 5.97 Å². The van der Waals surface area contributed by atoms with Crippen LogP contribution in [0.5, 0.6) is 11.5 Å². The van der Waals surface area contributed by atoms with Gasteiger partial charge in [-0.05, 0) is 40.6 Å². The number of fused-ring (bicyclic) bond motifs is 2. The van der Waals surface area contributed by atoms with Crippen molar-refractivity contribution in [3.8, 4) is 22.6 Å². The Hall–Kier alpha value is -3.53. The molecule has 0 aliphatic rings. The van der Waals surface area contributed by atoms with E-state index in [-0.39, 0.29) is 23.7 Å². The number of carbonyl (C=O) groups is 1. The summed E-state index contributed by atoms with van der Waals surface area (Å²) in [7, 11) is 0. The third kappa shape index (κ3) is 2.75. The molecule has 0 aliphatic heterocycles. The summed E-state index contributed by atoms with van der Waals surface area (Å²) in [6.07, 6.45) is 0. The summed E-state index contributed by atoms with van der Waals surface area (Å²) in [5, 5.41) is 24.9. The average molecular weight is 358 g/mol. The highest BCUT2D eigenvalue weighted by Crippen LogP contribution is 2.46. The van der Waals surface area contributed by atoms with Crippen LogP contribution in [-0.4, -0.2) is 22.8 Å². The maximum absolute atomic E-state index is 12.4. The predicted octanol–water partition coefficient (Wildman–Crippen LogP) is 5.25. The summed E-state index contributed by atoms with van der Waals surface area (Å²) in [4.78, 5) is 12.4. The van der Waals surface area contributed by atoms with Crippen LogP contribution in [0.25, 0.3) is 32.7 Å². The van der Waals surface area contributed by atoms with E-state index in [9.17, 15) is 15.0 Å². The summed E-state index contributed by atoms with van der Waals surface area (Å²) in [6.45, 7) is 1.92. The number of esters is 1. The number of aromatic hydroxyl groups is 2. The number of rotatable bonds is 3. The number of benzene rings is 4. The van der Waals surface area contributed by atoms with Gasteiger partial charge in [-0.15, -0.1) is 0 Å². The standard InChI is InChI=1S/C23H18O4/c1-2-27-23(26)18-13-15-8-4-6-10-17(15)21(22(18)25)20-16-9-5-3-7-14(16)11-12-19(20)24/h3-13,24-25H,2H2,1H3. The van der Waals surface area contributed by atoms with Crippen LogP contribution < -0.4 is 0 Å². The van der Waals surface area contributed by atoms with Gasteiger partial charge in [0.25, 0.3) is 0 Å². The molecule has 0 atom stereocenters. The molecule has 0 saturated carbocycles. The van der Waals surface area contributed by atoms with Crippen LogP contribution in [0, 0.1) is 0 Å². The molecule has 0 amide bonds. The molecule has 4 aromatic carbocycles. The van der Waals surface area contributed by atoms with E-state index in [0.717, 1.165) is 21.5 Å². The van der Waals surface area contributed by atoms with Crippen LogP contribution in [0.4, 0.5) is 0 Å². The summed E-state index contributed by atoms with van der Waals surface area (Å²) in [6, 6.07) is 20.1. The van der Waals surface area contributed by atoms with Gasteiger partial charge in [-0.2, -0.15) is 0 Å². The maximum Gasteiger partial charge on any atom is 0.341 e. The second-order valence-electron chi connectivity index (χ2n) is 6.27. The van der Waals surface area contributed by atoms with Gasteiger partial charge in [0.2, 0.25) is 0 Å². The molecular formula is C23H18O4. The van der Waals surface area contributed by atoms with E-state index in [0.29, 0.717) is 11.1 Å². The molecule has 0 radical (unpaired) electrons. The van der Waals surface area contributed by atoms with Crippen molar-refractivity contribution < 1.29 is 19.7 Å². The van der Waals surface area contributed by atoms with Crippen LogP contribution in [0.15, 0.2) is 66.7 Å². The highest BCUT2D eigenvalue weighted by Gasteiger charge is 2.23. The molecule has 0 heterocycles. The molecule has 2 N–H and O–H groups in total. The lowest BCUT2D eigenvalue weighted by Gasteiger charge is -2.16. The van der Waals surface area contributed by atoms with Crippen LogP contribution in [0.3, 0.4) is 0 Å². The fourth-order valence-corrected chi connectivity index (χ4v) is 3.48. The minimum absolute atomic E-state index is 0.0372. The Labute approximate surface area is 156 Å². The topological polar surface area (TPSA) is 66.8 Å². The number of carbonyl (C=O) groups excluding carboxylic acids is 1. The van der Waals surface area contributed by atoms with Gasteiger partial charge in [0.15, 0.2) is 0 Å². The zero-order chi connectivity index (χ0) is 19.0. The fourth-order valence-electron chi connectivity index (χ4n) is 3.48. The molecule has 27 heavy (non-hydrogen) atoms. The largest absolute Gasteiger partial charge is 0.507 e. The minimum atomic E-state index is -0.596. The van der Waals surface area contributed by atoms with Crippen LogP contribution in [0.1, 0.15) is 17.3 Å². The first-order chi connectivity index (χ1) is 13.1. The highest BCUT2D eigenvalue weighted by molar-refractivity contribution is 6.13. The second kappa shape index (κ2) is 6.65. The Kier molecular flexibility index (Phi) is 4.16. The quantitative estimate of drug-likeness (QED) is 0.491. The van der Waals surface area contributed by atoms with Gasteiger partial charge in [0.1, 0.15) is 17.1 Å². The van der Waals surface area contributed by atoms with Crippen molar-refractivity contribution in [1.29, 1.82) is 0 Å². The number of hydrogen-bond acceptors (Lipinski definition) is 4. The fraction of sp³-hybridized carbons (Fsp3) is 0.0870. The van der Waals surface area contributed by atoms with Crippen molar-refractivity contribution in [1.82, 2.24) is 0 Å². The molecule has 0 unspecified atom stereocenters. The lowest BCUT2D eigenvalue weighted by atomic mass is 9.90. The molecule has 4 heteroatoms. The Morgan fingerprint density at radius 2 is 1.48 bits per heavy atom. The van der Waals surface area contributed by atoms with E-state index in [2.05, 4.69) is 0 Å². The van der Waals surface area contributed by atoms with E-state index >= 15 is 0 Å². The van der Waals surface area contributed by atoms with Crippen molar-refractivity contribution >= 4 is 27.5 Å². The van der Waals surface area contributed by atoms with Crippen molar-refractivity contribution in [2.75, 3.05) is 6.61 Å². The third-order valence-electron chi connectivity index (χ3n) is 4.67. The maximum atomic E-state index is 12.4. The monoisotopic (exact) mass is 358 g/mol. The second-order valence-corrected chi connectivity index (χ2v) is 6.27. The molecule has 0 bridgehead atoms. The number of phenolic OH excluding ortho intramolecular Hbond substituents is 2. The first kappa shape index (κ1) is 16.9. The summed E-state index contributed by atoms with van der Waals surface area (Å²) < 4.78 is 5.10. The predicted molar refractivity (Wildman–Crippen MR) is 106 cm³/mol. The lowest BCUT2D eigenvalue weighted by molar-refractivity contribution is 0.0523. The lowest BCUT2D eigenvalue weighted by Crippen LogP contribution is -2.06. The highest BCUT2D eigenvalue weighted by atomic mass is 16.5. The molecule has 0 fully saturated rings. The summed E-state index contributed by atoms with van der Waals surface area (Å²) in [5.41, 5.74) is 0.997. The zero-order valence-corrected chi connectivity index (χ0v) is 14.8. The Morgan fingerprint density at radius 1 is 0.852 bits per heavy atom. The van der Waals surface area contributed by atoms with Gasteiger partial charge in [-0.1, -0.05) is 54.6 Å². The van der Waals surface area contributed by atoms with E-state index in [1.807, 2.05) is 54.6 Å². The summed E-state index contributed by atoms with van der Waals surface area (Å²) in [5.74, 6) is -0.754. The van der Waals surface area contributed by atoms with Crippen molar-refractivity contribution in [2.45, 2.75) is 6.92 Å². The summed E-state index contributed by atoms with van der Waals surface area (Å²) >= 11 is 0. The van der Waals surface area contributed by atoms with Gasteiger partial charge in [0.05, 0.1) is 6.61 Å². The molecule has 0 aliphatic carbocycles. The average Bonchev–Trinajstić information content (AvgIpc) is 2.68.